The quantitative estimate of drug-likeness (QED) is 0.362. The van der Waals surface area contributed by atoms with Gasteiger partial charge >= 0.3 is 5.97 Å². The summed E-state index contributed by atoms with van der Waals surface area (Å²) in [4.78, 5) is 14.4. The fraction of sp³-hybridized carbons (Fsp3) is 0.972. The number of carbonyl (C=O) groups excluding carboxylic acids is 1. The highest BCUT2D eigenvalue weighted by Gasteiger charge is 2.80. The monoisotopic (exact) mass is 603 g/mol. The van der Waals surface area contributed by atoms with Crippen LogP contribution in [-0.2, 0) is 23.7 Å². The summed E-state index contributed by atoms with van der Waals surface area (Å²) >= 11 is 0. The summed E-state index contributed by atoms with van der Waals surface area (Å²) in [6.45, 7) is 18.5. The third-order valence-corrected chi connectivity index (χ3v) is 14.8. The summed E-state index contributed by atoms with van der Waals surface area (Å²) < 4.78 is 25.5. The molecule has 7 rings (SSSR count). The molecule has 2 saturated heterocycles. The van der Waals surface area contributed by atoms with Crippen molar-refractivity contribution in [3.63, 3.8) is 0 Å². The molecule has 7 nitrogen and oxygen atoms in total. The third-order valence-electron chi connectivity index (χ3n) is 14.8. The van der Waals surface area contributed by atoms with E-state index in [2.05, 4.69) is 32.6 Å². The molecule has 5 saturated carbocycles. The van der Waals surface area contributed by atoms with E-state index in [4.69, 9.17) is 18.9 Å². The average molecular weight is 604 g/mol. The molecule has 7 heteroatoms. The molecule has 0 aromatic heterocycles. The maximum Gasteiger partial charge on any atom is 0.303 e. The molecule has 43 heavy (non-hydrogen) atoms. The van der Waals surface area contributed by atoms with Gasteiger partial charge in [-0.25, -0.2) is 0 Å². The van der Waals surface area contributed by atoms with Gasteiger partial charge in [-0.05, 0) is 130 Å². The molecule has 5 aliphatic carbocycles. The van der Waals surface area contributed by atoms with Crippen LogP contribution in [0.1, 0.15) is 114 Å². The van der Waals surface area contributed by atoms with Gasteiger partial charge in [-0.3, -0.25) is 9.69 Å². The summed E-state index contributed by atoms with van der Waals surface area (Å²) in [6.07, 6.45) is 11.9. The maximum atomic E-state index is 11.9. The van der Waals surface area contributed by atoms with Crippen molar-refractivity contribution in [2.45, 2.75) is 149 Å². The first-order chi connectivity index (χ1) is 20.2. The first-order valence-electron chi connectivity index (χ1n) is 17.8. The Labute approximate surface area is 261 Å². The minimum Gasteiger partial charge on any atom is -0.457 e. The van der Waals surface area contributed by atoms with Gasteiger partial charge in [0.05, 0.1) is 30.5 Å². The molecule has 7 fully saturated rings. The van der Waals surface area contributed by atoms with Gasteiger partial charge in [-0.1, -0.05) is 27.7 Å². The molecule has 1 N–H and O–H groups in total. The Morgan fingerprint density at radius 3 is 2.53 bits per heavy atom. The van der Waals surface area contributed by atoms with Crippen LogP contribution in [0.5, 0.6) is 0 Å². The SMILES string of the molecule is CCN1CCOC(O[C@H]2CCC34C[C@]35CCC3(C)C6CCC([C@H](OC(C)=O)C(C)(C)O)OC6CC3C5CCC4C2(C)C)C1.[HH]. The van der Waals surface area contributed by atoms with Crippen molar-refractivity contribution in [2.75, 3.05) is 26.2 Å². The van der Waals surface area contributed by atoms with E-state index in [-0.39, 0.29) is 37.4 Å². The van der Waals surface area contributed by atoms with Crippen LogP contribution in [0, 0.1) is 45.3 Å². The molecule has 9 unspecified atom stereocenters. The average Bonchev–Trinajstić information content (AvgIpc) is 3.52. The highest BCUT2D eigenvalue weighted by molar-refractivity contribution is 5.66. The third kappa shape index (κ3) is 4.63. The molecule has 12 atom stereocenters. The maximum absolute atomic E-state index is 11.9. The molecule has 0 bridgehead atoms. The summed E-state index contributed by atoms with van der Waals surface area (Å²) in [5.41, 5.74) is 0.349. The normalized spacial score (nSPS) is 49.5. The van der Waals surface area contributed by atoms with Gasteiger partial charge in [-0.2, -0.15) is 0 Å². The molecule has 0 radical (unpaired) electrons. The highest BCUT2D eigenvalue weighted by Crippen LogP contribution is 2.87. The molecule has 0 amide bonds. The predicted molar refractivity (Wildman–Crippen MR) is 166 cm³/mol. The Morgan fingerprint density at radius 2 is 1.81 bits per heavy atom. The van der Waals surface area contributed by atoms with Crippen molar-refractivity contribution in [1.82, 2.24) is 4.90 Å². The number of rotatable bonds is 6. The topological polar surface area (TPSA) is 77.5 Å². The molecule has 2 heterocycles. The lowest BCUT2D eigenvalue weighted by molar-refractivity contribution is -0.245. The van der Waals surface area contributed by atoms with Gasteiger partial charge < -0.3 is 24.1 Å². The first kappa shape index (κ1) is 30.9. The molecule has 0 aromatic rings. The molecular formula is C36H61NO6. The second-order valence-corrected chi connectivity index (χ2v) is 17.3. The van der Waals surface area contributed by atoms with Crippen molar-refractivity contribution in [2.24, 2.45) is 45.3 Å². The zero-order valence-electron chi connectivity index (χ0n) is 28.0. The molecule has 2 aliphatic heterocycles. The number of likely N-dealkylation sites (N-methyl/N-ethyl adjacent to an activating group) is 1. The van der Waals surface area contributed by atoms with Gasteiger partial charge in [0.2, 0.25) is 0 Å². The molecule has 246 valence electrons. The molecule has 0 aromatic carbocycles. The van der Waals surface area contributed by atoms with Crippen LogP contribution < -0.4 is 0 Å². The lowest BCUT2D eigenvalue weighted by Crippen LogP contribution is -2.56. The fourth-order valence-electron chi connectivity index (χ4n) is 12.8. The minimum atomic E-state index is -1.13. The second-order valence-electron chi connectivity index (χ2n) is 17.3. The Kier molecular flexibility index (Phi) is 7.46. The fourth-order valence-corrected chi connectivity index (χ4v) is 12.8. The van der Waals surface area contributed by atoms with E-state index < -0.39 is 11.7 Å². The van der Waals surface area contributed by atoms with Gasteiger partial charge in [-0.15, -0.1) is 0 Å². The lowest BCUT2D eigenvalue weighted by atomic mass is 9.46. The number of aliphatic hydroxyl groups is 1. The van der Waals surface area contributed by atoms with E-state index in [1.54, 1.807) is 13.8 Å². The first-order valence-corrected chi connectivity index (χ1v) is 17.8. The van der Waals surface area contributed by atoms with Gasteiger partial charge in [0.25, 0.3) is 0 Å². The van der Waals surface area contributed by atoms with Crippen LogP contribution in [-0.4, -0.2) is 78.5 Å². The Balaban J connectivity index is 0.00000343. The summed E-state index contributed by atoms with van der Waals surface area (Å²) in [5.74, 6) is 2.45. The van der Waals surface area contributed by atoms with Crippen LogP contribution in [0.15, 0.2) is 0 Å². The highest BCUT2D eigenvalue weighted by atomic mass is 16.7. The van der Waals surface area contributed by atoms with Crippen molar-refractivity contribution in [1.29, 1.82) is 0 Å². The van der Waals surface area contributed by atoms with E-state index >= 15 is 0 Å². The number of nitrogens with zero attached hydrogens (tertiary/aromatic N) is 1. The predicted octanol–water partition coefficient (Wildman–Crippen LogP) is 6.20. The largest absolute Gasteiger partial charge is 0.457 e. The Hall–Kier alpha value is -0.730. The molecule has 7 aliphatic rings. The van der Waals surface area contributed by atoms with Gasteiger partial charge in [0.1, 0.15) is 0 Å². The second kappa shape index (κ2) is 10.4. The number of morpholine rings is 1. The molecular weight excluding hydrogens is 542 g/mol. The van der Waals surface area contributed by atoms with Crippen LogP contribution in [0.25, 0.3) is 0 Å². The lowest BCUT2D eigenvalue weighted by Gasteiger charge is -2.60. The van der Waals surface area contributed by atoms with E-state index in [9.17, 15) is 9.90 Å². The standard InChI is InChI=1S/C36H59NO6.H2/c1-8-37-17-18-40-30(20-37)43-29-13-14-36-21-35(36)16-15-34(7)24-9-11-26(31(33(5,6)39)41-22(2)38)42-27(24)19-25(34)23(35)10-12-28(36)32(29,3)4;/h23-31,39H,8-21H2,1-7H3;1H/t23?,24?,25?,26?,27?,28?,29-,30?,31-,34?,35-,36?;/m0./s1. The minimum absolute atomic E-state index is 0. The molecule has 2 spiro atoms. The van der Waals surface area contributed by atoms with Crippen molar-refractivity contribution in [3.8, 4) is 0 Å². The zero-order valence-corrected chi connectivity index (χ0v) is 28.0. The van der Waals surface area contributed by atoms with Crippen LogP contribution in [0.2, 0.25) is 0 Å². The number of hydrogen-bond donors (Lipinski definition) is 1. The number of carbonyl (C=O) groups is 1. The van der Waals surface area contributed by atoms with Crippen molar-refractivity contribution < 1.29 is 30.3 Å². The van der Waals surface area contributed by atoms with E-state index in [0.717, 1.165) is 63.8 Å². The summed E-state index contributed by atoms with van der Waals surface area (Å²) in [6, 6.07) is 0. The summed E-state index contributed by atoms with van der Waals surface area (Å²) in [5, 5.41) is 10.9. The number of hydrogen-bond acceptors (Lipinski definition) is 7. The van der Waals surface area contributed by atoms with E-state index in [1.165, 1.54) is 45.4 Å². The van der Waals surface area contributed by atoms with Crippen molar-refractivity contribution in [3.05, 3.63) is 0 Å². The Bertz CT molecular complexity index is 1090. The number of fused-ring (bicyclic) bond motifs is 4. The number of esters is 1. The van der Waals surface area contributed by atoms with Crippen LogP contribution >= 0.6 is 0 Å². The Morgan fingerprint density at radius 1 is 1.05 bits per heavy atom. The van der Waals surface area contributed by atoms with Crippen LogP contribution in [0.3, 0.4) is 0 Å². The summed E-state index contributed by atoms with van der Waals surface area (Å²) in [7, 11) is 0. The number of ether oxygens (including phenoxy) is 4. The van der Waals surface area contributed by atoms with E-state index in [0.29, 0.717) is 28.1 Å². The smallest absolute Gasteiger partial charge is 0.303 e. The van der Waals surface area contributed by atoms with E-state index in [1.807, 2.05) is 0 Å². The van der Waals surface area contributed by atoms with Crippen LogP contribution in [0.4, 0.5) is 0 Å². The van der Waals surface area contributed by atoms with Gasteiger partial charge in [0.15, 0.2) is 12.4 Å². The zero-order chi connectivity index (χ0) is 30.6. The van der Waals surface area contributed by atoms with Crippen molar-refractivity contribution >= 4 is 5.97 Å². The van der Waals surface area contributed by atoms with Gasteiger partial charge in [0, 0.05) is 21.4 Å².